The maximum Gasteiger partial charge on any atom is 0.233 e. The molecule has 0 saturated heterocycles. The summed E-state index contributed by atoms with van der Waals surface area (Å²) in [4.78, 5) is 18.2. The minimum absolute atomic E-state index is 0.0664. The Morgan fingerprint density at radius 1 is 1.47 bits per heavy atom. The van der Waals surface area contributed by atoms with Gasteiger partial charge in [0.05, 0.1) is 0 Å². The number of amides is 1. The van der Waals surface area contributed by atoms with E-state index in [9.17, 15) is 4.79 Å². The summed E-state index contributed by atoms with van der Waals surface area (Å²) in [5.74, 6) is 0.732. The summed E-state index contributed by atoms with van der Waals surface area (Å²) < 4.78 is 0. The monoisotopic (exact) mass is 230 g/mol. The second-order valence-electron chi connectivity index (χ2n) is 5.20. The van der Waals surface area contributed by atoms with Crippen molar-refractivity contribution in [2.75, 3.05) is 11.4 Å². The molecule has 2 radical (unpaired) electrons. The van der Waals surface area contributed by atoms with Gasteiger partial charge in [0, 0.05) is 18.2 Å². The number of nitrogens with zero attached hydrogens (tertiary/aromatic N) is 2. The molecule has 0 atom stereocenters. The number of pyridine rings is 1. The van der Waals surface area contributed by atoms with Crippen molar-refractivity contribution in [3.8, 4) is 0 Å². The number of carbonyl (C=O) groups excluding carboxylic acids is 1. The molecule has 0 aliphatic carbocycles. The summed E-state index contributed by atoms with van der Waals surface area (Å²) in [5.41, 5.74) is 1.18. The minimum Gasteiger partial charge on any atom is -0.297 e. The van der Waals surface area contributed by atoms with Crippen molar-refractivity contribution < 1.29 is 4.79 Å². The van der Waals surface area contributed by atoms with E-state index in [4.69, 9.17) is 7.85 Å². The number of hydrogen-bond acceptors (Lipinski definition) is 2. The quantitative estimate of drug-likeness (QED) is 0.722. The van der Waals surface area contributed by atoms with E-state index in [0.717, 1.165) is 5.56 Å². The van der Waals surface area contributed by atoms with Gasteiger partial charge in [0.1, 0.15) is 13.7 Å². The Balaban J connectivity index is 3.10. The number of anilines is 1. The average molecular weight is 230 g/mol. The maximum atomic E-state index is 12.2. The third-order valence-electron chi connectivity index (χ3n) is 2.62. The third kappa shape index (κ3) is 3.08. The normalized spacial score (nSPS) is 11.4. The van der Waals surface area contributed by atoms with Gasteiger partial charge in [-0.2, -0.15) is 0 Å². The van der Waals surface area contributed by atoms with E-state index >= 15 is 0 Å². The molecular weight excluding hydrogens is 211 g/mol. The smallest absolute Gasteiger partial charge is 0.233 e. The fraction of sp³-hybridized carbons (Fsp3) is 0.538. The lowest BCUT2D eigenvalue weighted by molar-refractivity contribution is -0.125. The molecule has 90 valence electrons. The first-order valence-corrected chi connectivity index (χ1v) is 5.81. The van der Waals surface area contributed by atoms with Crippen LogP contribution in [0.3, 0.4) is 0 Å². The molecule has 0 unspecified atom stereocenters. The first-order chi connectivity index (χ1) is 7.77. The SMILES string of the molecule is [B]c1cnc(N(CC)C(=O)C(C)(C)C)cc1C. The molecule has 0 aliphatic heterocycles. The molecule has 0 fully saturated rings. The summed E-state index contributed by atoms with van der Waals surface area (Å²) >= 11 is 0. The molecule has 0 spiro atoms. The minimum atomic E-state index is -0.410. The molecule has 1 aromatic rings. The van der Waals surface area contributed by atoms with Crippen LogP contribution in [0.15, 0.2) is 12.3 Å². The van der Waals surface area contributed by atoms with Crippen LogP contribution >= 0.6 is 0 Å². The standard InChI is InChI=1S/C13H19BN2O/c1-6-16(12(17)13(3,4)5)11-7-9(2)10(14)8-15-11/h7-8H,6H2,1-5H3. The van der Waals surface area contributed by atoms with E-state index in [1.807, 2.05) is 40.7 Å². The van der Waals surface area contributed by atoms with Gasteiger partial charge in [-0.05, 0) is 19.9 Å². The van der Waals surface area contributed by atoms with Gasteiger partial charge in [0.25, 0.3) is 0 Å². The lowest BCUT2D eigenvalue weighted by atomic mass is 9.93. The largest absolute Gasteiger partial charge is 0.297 e. The van der Waals surface area contributed by atoms with Gasteiger partial charge in [-0.1, -0.05) is 31.8 Å². The van der Waals surface area contributed by atoms with Crippen LogP contribution in [0.2, 0.25) is 0 Å². The van der Waals surface area contributed by atoms with E-state index in [1.165, 1.54) is 0 Å². The molecule has 4 heteroatoms. The highest BCUT2D eigenvalue weighted by Crippen LogP contribution is 2.21. The van der Waals surface area contributed by atoms with Crippen molar-refractivity contribution in [2.45, 2.75) is 34.6 Å². The van der Waals surface area contributed by atoms with Gasteiger partial charge in [-0.25, -0.2) is 4.98 Å². The molecule has 0 N–H and O–H groups in total. The van der Waals surface area contributed by atoms with Crippen LogP contribution in [-0.4, -0.2) is 25.3 Å². The Hall–Kier alpha value is -1.32. The van der Waals surface area contributed by atoms with Crippen LogP contribution in [0.4, 0.5) is 5.82 Å². The van der Waals surface area contributed by atoms with Crippen molar-refractivity contribution in [1.82, 2.24) is 4.98 Å². The van der Waals surface area contributed by atoms with Crippen LogP contribution in [0, 0.1) is 12.3 Å². The van der Waals surface area contributed by atoms with Crippen LogP contribution in [-0.2, 0) is 4.79 Å². The van der Waals surface area contributed by atoms with Crippen LogP contribution < -0.4 is 10.4 Å². The van der Waals surface area contributed by atoms with E-state index in [1.54, 1.807) is 11.1 Å². The van der Waals surface area contributed by atoms with Gasteiger partial charge in [0.2, 0.25) is 5.91 Å². The molecule has 1 heterocycles. The molecule has 1 aromatic heterocycles. The van der Waals surface area contributed by atoms with E-state index < -0.39 is 5.41 Å². The fourth-order valence-corrected chi connectivity index (χ4v) is 1.51. The number of rotatable bonds is 2. The Bertz CT molecular complexity index is 424. The van der Waals surface area contributed by atoms with E-state index in [-0.39, 0.29) is 5.91 Å². The Morgan fingerprint density at radius 2 is 2.06 bits per heavy atom. The zero-order chi connectivity index (χ0) is 13.2. The Morgan fingerprint density at radius 3 is 2.47 bits per heavy atom. The number of aryl methyl sites for hydroxylation is 1. The summed E-state index contributed by atoms with van der Waals surface area (Å²) in [5, 5.41) is 0. The molecule has 3 nitrogen and oxygen atoms in total. The zero-order valence-corrected chi connectivity index (χ0v) is 11.2. The predicted octanol–water partition coefficient (Wildman–Crippen LogP) is 1.58. The topological polar surface area (TPSA) is 33.2 Å². The van der Waals surface area contributed by atoms with Gasteiger partial charge in [0.15, 0.2) is 0 Å². The lowest BCUT2D eigenvalue weighted by Crippen LogP contribution is -2.40. The highest BCUT2D eigenvalue weighted by Gasteiger charge is 2.27. The molecule has 0 saturated carbocycles. The second kappa shape index (κ2) is 4.90. The van der Waals surface area contributed by atoms with Gasteiger partial charge < -0.3 is 0 Å². The Labute approximate surface area is 105 Å². The lowest BCUT2D eigenvalue weighted by Gasteiger charge is -2.28. The number of hydrogen-bond donors (Lipinski definition) is 0. The first kappa shape index (κ1) is 13.7. The Kier molecular flexibility index (Phi) is 3.96. The van der Waals surface area contributed by atoms with Crippen molar-refractivity contribution in [3.63, 3.8) is 0 Å². The van der Waals surface area contributed by atoms with Crippen LogP contribution in [0.1, 0.15) is 33.3 Å². The van der Waals surface area contributed by atoms with Crippen molar-refractivity contribution in [2.24, 2.45) is 5.41 Å². The van der Waals surface area contributed by atoms with Crippen molar-refractivity contribution >= 4 is 25.0 Å². The summed E-state index contributed by atoms with van der Waals surface area (Å²) in [6.07, 6.45) is 1.60. The first-order valence-electron chi connectivity index (χ1n) is 5.81. The fourth-order valence-electron chi connectivity index (χ4n) is 1.51. The summed E-state index contributed by atoms with van der Waals surface area (Å²) in [6.45, 7) is 10.2. The molecule has 17 heavy (non-hydrogen) atoms. The third-order valence-corrected chi connectivity index (χ3v) is 2.62. The van der Waals surface area contributed by atoms with E-state index in [2.05, 4.69) is 4.98 Å². The van der Waals surface area contributed by atoms with E-state index in [0.29, 0.717) is 17.8 Å². The van der Waals surface area contributed by atoms with Gasteiger partial charge in [-0.3, -0.25) is 9.69 Å². The maximum absolute atomic E-state index is 12.2. The molecule has 1 amide bonds. The summed E-state index contributed by atoms with van der Waals surface area (Å²) in [7, 11) is 5.73. The molecular formula is C13H19BN2O. The zero-order valence-electron chi connectivity index (χ0n) is 11.2. The van der Waals surface area contributed by atoms with Crippen LogP contribution in [0.25, 0.3) is 0 Å². The van der Waals surface area contributed by atoms with Crippen molar-refractivity contribution in [1.29, 1.82) is 0 Å². The second-order valence-corrected chi connectivity index (χ2v) is 5.20. The molecule has 0 aromatic carbocycles. The number of carbonyl (C=O) groups is 1. The molecule has 1 rings (SSSR count). The average Bonchev–Trinajstić information content (AvgIpc) is 2.23. The predicted molar refractivity (Wildman–Crippen MR) is 71.8 cm³/mol. The summed E-state index contributed by atoms with van der Waals surface area (Å²) in [6, 6.07) is 1.85. The molecule has 0 bridgehead atoms. The highest BCUT2D eigenvalue weighted by molar-refractivity contribution is 6.33. The molecule has 0 aliphatic rings. The van der Waals surface area contributed by atoms with Gasteiger partial charge in [-0.15, -0.1) is 0 Å². The van der Waals surface area contributed by atoms with Crippen LogP contribution in [0.5, 0.6) is 0 Å². The van der Waals surface area contributed by atoms with Gasteiger partial charge >= 0.3 is 0 Å². The highest BCUT2D eigenvalue weighted by atomic mass is 16.2. The number of aromatic nitrogens is 1. The van der Waals surface area contributed by atoms with Crippen molar-refractivity contribution in [3.05, 3.63) is 17.8 Å².